The first-order valence-corrected chi connectivity index (χ1v) is 8.99. The Labute approximate surface area is 165 Å². The van der Waals surface area contributed by atoms with Gasteiger partial charge in [0.25, 0.3) is 0 Å². The SMILES string of the molecule is NC(=S)c1cn([C@@H]2O[C@H](CO)[C@@H](O)[C@H]2O)c2nc(-c3ccccc3)nc(N)c12. The van der Waals surface area contributed by atoms with Gasteiger partial charge in [-0.2, -0.15) is 0 Å². The molecule has 0 amide bonds. The molecule has 10 heteroatoms. The van der Waals surface area contributed by atoms with Gasteiger partial charge in [-0.05, 0) is 0 Å². The van der Waals surface area contributed by atoms with Crippen molar-refractivity contribution >= 4 is 34.1 Å². The predicted octanol–water partition coefficient (Wildman–Crippen LogP) is -0.0738. The molecule has 1 aliphatic heterocycles. The summed E-state index contributed by atoms with van der Waals surface area (Å²) in [4.78, 5) is 9.03. The molecule has 28 heavy (non-hydrogen) atoms. The number of hydrogen-bond acceptors (Lipinski definition) is 8. The van der Waals surface area contributed by atoms with E-state index in [0.29, 0.717) is 22.4 Å². The van der Waals surface area contributed by atoms with E-state index in [4.69, 9.17) is 28.4 Å². The van der Waals surface area contributed by atoms with Crippen LogP contribution in [0.4, 0.5) is 5.82 Å². The first-order valence-electron chi connectivity index (χ1n) is 8.58. The highest BCUT2D eigenvalue weighted by Crippen LogP contribution is 2.35. The van der Waals surface area contributed by atoms with Crippen LogP contribution < -0.4 is 11.5 Å². The molecule has 3 aromatic rings. The number of aromatic nitrogens is 3. The fourth-order valence-electron chi connectivity index (χ4n) is 3.38. The molecule has 0 saturated carbocycles. The summed E-state index contributed by atoms with van der Waals surface area (Å²) in [5, 5.41) is 30.3. The Morgan fingerprint density at radius 2 is 1.89 bits per heavy atom. The highest BCUT2D eigenvalue weighted by atomic mass is 32.1. The van der Waals surface area contributed by atoms with Gasteiger partial charge < -0.3 is 36.1 Å². The maximum absolute atomic E-state index is 10.4. The maximum atomic E-state index is 10.4. The van der Waals surface area contributed by atoms with Gasteiger partial charge in [-0.3, -0.25) is 0 Å². The largest absolute Gasteiger partial charge is 0.394 e. The summed E-state index contributed by atoms with van der Waals surface area (Å²) in [6.07, 6.45) is -2.92. The number of benzene rings is 1. The number of aliphatic hydroxyl groups excluding tert-OH is 3. The summed E-state index contributed by atoms with van der Waals surface area (Å²) in [5.41, 5.74) is 13.6. The second-order valence-corrected chi connectivity index (χ2v) is 6.98. The molecule has 0 spiro atoms. The molecule has 3 heterocycles. The number of thiocarbonyl (C=S) groups is 1. The third-order valence-electron chi connectivity index (χ3n) is 4.79. The standard InChI is InChI=1S/C18H19N5O4S/c19-14-11-9(15(20)28)6-23(18-13(26)12(25)10(7-24)27-18)17(11)22-16(21-14)8-4-2-1-3-5-8/h1-6,10,12-13,18,24-26H,7H2,(H2,20,28)(H2,19,21,22)/t10-,12-,13-,18-/m1/s1. The molecule has 0 bridgehead atoms. The highest BCUT2D eigenvalue weighted by Gasteiger charge is 2.44. The molecule has 1 fully saturated rings. The van der Waals surface area contributed by atoms with Crippen molar-refractivity contribution in [3.8, 4) is 11.4 Å². The van der Waals surface area contributed by atoms with E-state index in [1.165, 1.54) is 4.57 Å². The molecule has 4 atom stereocenters. The zero-order valence-corrected chi connectivity index (χ0v) is 15.5. The van der Waals surface area contributed by atoms with Crippen molar-refractivity contribution < 1.29 is 20.1 Å². The second kappa shape index (κ2) is 7.08. The van der Waals surface area contributed by atoms with E-state index in [1.54, 1.807) is 6.20 Å². The molecule has 146 valence electrons. The predicted molar refractivity (Wildman–Crippen MR) is 106 cm³/mol. The van der Waals surface area contributed by atoms with Crippen LogP contribution in [0.3, 0.4) is 0 Å². The Bertz CT molecular complexity index is 1040. The van der Waals surface area contributed by atoms with Crippen molar-refractivity contribution in [1.29, 1.82) is 0 Å². The average Bonchev–Trinajstić information content (AvgIpc) is 3.21. The lowest BCUT2D eigenvalue weighted by atomic mass is 10.1. The number of anilines is 1. The summed E-state index contributed by atoms with van der Waals surface area (Å²) in [6.45, 7) is -0.442. The molecule has 0 unspecified atom stereocenters. The van der Waals surface area contributed by atoms with Crippen molar-refractivity contribution in [2.45, 2.75) is 24.5 Å². The smallest absolute Gasteiger partial charge is 0.164 e. The van der Waals surface area contributed by atoms with Crippen LogP contribution in [0.1, 0.15) is 11.8 Å². The first-order chi connectivity index (χ1) is 13.4. The molecule has 7 N–H and O–H groups in total. The van der Waals surface area contributed by atoms with Gasteiger partial charge >= 0.3 is 0 Å². The first kappa shape index (κ1) is 18.7. The van der Waals surface area contributed by atoms with E-state index in [9.17, 15) is 15.3 Å². The topological polar surface area (TPSA) is 153 Å². The number of nitrogens with two attached hydrogens (primary N) is 2. The van der Waals surface area contributed by atoms with E-state index in [0.717, 1.165) is 5.56 Å². The van der Waals surface area contributed by atoms with Crippen LogP contribution in [0.2, 0.25) is 0 Å². The molecular formula is C18H19N5O4S. The lowest BCUT2D eigenvalue weighted by molar-refractivity contribution is -0.0508. The minimum atomic E-state index is -1.29. The summed E-state index contributed by atoms with van der Waals surface area (Å²) in [5.74, 6) is 0.559. The quantitative estimate of drug-likeness (QED) is 0.378. The molecule has 1 aliphatic rings. The number of aliphatic hydroxyl groups is 3. The molecule has 1 saturated heterocycles. The van der Waals surface area contributed by atoms with Crippen molar-refractivity contribution in [2.75, 3.05) is 12.3 Å². The summed E-state index contributed by atoms with van der Waals surface area (Å²) < 4.78 is 7.15. The van der Waals surface area contributed by atoms with E-state index < -0.39 is 31.1 Å². The molecule has 1 aromatic carbocycles. The summed E-state index contributed by atoms with van der Waals surface area (Å²) >= 11 is 5.12. The number of nitrogen functional groups attached to an aromatic ring is 1. The Morgan fingerprint density at radius 1 is 1.18 bits per heavy atom. The number of rotatable bonds is 4. The van der Waals surface area contributed by atoms with Gasteiger partial charge in [0.2, 0.25) is 0 Å². The summed E-state index contributed by atoms with van der Waals surface area (Å²) in [6, 6.07) is 9.26. The van der Waals surface area contributed by atoms with Gasteiger partial charge in [0.15, 0.2) is 12.1 Å². The van der Waals surface area contributed by atoms with Crippen LogP contribution in [0.5, 0.6) is 0 Å². The third kappa shape index (κ3) is 2.91. The van der Waals surface area contributed by atoms with E-state index >= 15 is 0 Å². The molecule has 9 nitrogen and oxygen atoms in total. The number of hydrogen-bond donors (Lipinski definition) is 5. The normalized spacial score (nSPS) is 24.7. The van der Waals surface area contributed by atoms with Crippen LogP contribution in [-0.4, -0.2) is 59.8 Å². The van der Waals surface area contributed by atoms with Crippen LogP contribution >= 0.6 is 12.2 Å². The fraction of sp³-hybridized carbons (Fsp3) is 0.278. The van der Waals surface area contributed by atoms with E-state index in [-0.39, 0.29) is 10.8 Å². The van der Waals surface area contributed by atoms with Crippen LogP contribution in [0.25, 0.3) is 22.4 Å². The van der Waals surface area contributed by atoms with Gasteiger partial charge in [-0.1, -0.05) is 42.5 Å². The number of ether oxygens (including phenoxy) is 1. The minimum Gasteiger partial charge on any atom is -0.394 e. The summed E-state index contributed by atoms with van der Waals surface area (Å²) in [7, 11) is 0. The molecular weight excluding hydrogens is 382 g/mol. The third-order valence-corrected chi connectivity index (χ3v) is 5.01. The molecule has 0 radical (unpaired) electrons. The lowest BCUT2D eigenvalue weighted by Gasteiger charge is -2.17. The van der Waals surface area contributed by atoms with E-state index in [2.05, 4.69) is 9.97 Å². The zero-order valence-electron chi connectivity index (χ0n) is 14.6. The number of fused-ring (bicyclic) bond motifs is 1. The van der Waals surface area contributed by atoms with Gasteiger partial charge in [0, 0.05) is 17.3 Å². The van der Waals surface area contributed by atoms with Gasteiger partial charge in [0.05, 0.1) is 12.0 Å². The lowest BCUT2D eigenvalue weighted by Crippen LogP contribution is -2.33. The highest BCUT2D eigenvalue weighted by molar-refractivity contribution is 7.80. The van der Waals surface area contributed by atoms with Gasteiger partial charge in [0.1, 0.15) is 34.8 Å². The molecule has 0 aliphatic carbocycles. The van der Waals surface area contributed by atoms with Crippen molar-refractivity contribution in [3.63, 3.8) is 0 Å². The van der Waals surface area contributed by atoms with Gasteiger partial charge in [-0.15, -0.1) is 0 Å². The second-order valence-electron chi connectivity index (χ2n) is 6.54. The molecule has 4 rings (SSSR count). The van der Waals surface area contributed by atoms with Crippen molar-refractivity contribution in [3.05, 3.63) is 42.1 Å². The van der Waals surface area contributed by atoms with Crippen LogP contribution in [-0.2, 0) is 4.74 Å². The Morgan fingerprint density at radius 3 is 2.50 bits per heavy atom. The Hall–Kier alpha value is -2.63. The monoisotopic (exact) mass is 401 g/mol. The fourth-order valence-corrected chi connectivity index (χ4v) is 3.54. The Balaban J connectivity index is 1.93. The van der Waals surface area contributed by atoms with Gasteiger partial charge in [-0.25, -0.2) is 9.97 Å². The van der Waals surface area contributed by atoms with Crippen LogP contribution in [0, 0.1) is 0 Å². The maximum Gasteiger partial charge on any atom is 0.164 e. The van der Waals surface area contributed by atoms with Crippen LogP contribution in [0.15, 0.2) is 36.5 Å². The minimum absolute atomic E-state index is 0.0817. The average molecular weight is 401 g/mol. The number of nitrogens with zero attached hydrogens (tertiary/aromatic N) is 3. The molecule has 2 aromatic heterocycles. The van der Waals surface area contributed by atoms with E-state index in [1.807, 2.05) is 30.3 Å². The zero-order chi connectivity index (χ0) is 20.0. The Kier molecular flexibility index (Phi) is 4.73. The van der Waals surface area contributed by atoms with Crippen molar-refractivity contribution in [2.24, 2.45) is 5.73 Å². The van der Waals surface area contributed by atoms with Crippen molar-refractivity contribution in [1.82, 2.24) is 14.5 Å².